The lowest BCUT2D eigenvalue weighted by atomic mass is 9.89. The smallest absolute Gasteiger partial charge is 0.234 e. The lowest BCUT2D eigenvalue weighted by molar-refractivity contribution is -0.132. The number of hydrogen-bond acceptors (Lipinski definition) is 3. The van der Waals surface area contributed by atoms with Crippen molar-refractivity contribution in [2.24, 2.45) is 5.92 Å². The number of aromatic nitrogens is 1. The van der Waals surface area contributed by atoms with Crippen molar-refractivity contribution < 1.29 is 9.53 Å². The molecule has 4 heteroatoms. The second-order valence-corrected chi connectivity index (χ2v) is 8.74. The summed E-state index contributed by atoms with van der Waals surface area (Å²) in [5.74, 6) is 0.0845. The Morgan fingerprint density at radius 3 is 2.39 bits per heavy atom. The van der Waals surface area contributed by atoms with Crippen LogP contribution in [-0.4, -0.2) is 42.1 Å². The molecule has 0 aliphatic carbocycles. The van der Waals surface area contributed by atoms with Crippen LogP contribution >= 0.6 is 0 Å². The van der Waals surface area contributed by atoms with Gasteiger partial charge in [-0.3, -0.25) is 9.78 Å². The summed E-state index contributed by atoms with van der Waals surface area (Å²) in [5, 5.41) is 2.34. The highest BCUT2D eigenvalue weighted by atomic mass is 16.5. The Bertz CT molecular complexity index is 1170. The SMILES string of the molecule is O=C(C(c1ccccc1)c1ccccc1)N1CCOCC(Cc2ccc3ccncc3c2)C1. The molecule has 33 heavy (non-hydrogen) atoms. The Morgan fingerprint density at radius 2 is 1.67 bits per heavy atom. The van der Waals surface area contributed by atoms with Crippen LogP contribution in [0.5, 0.6) is 0 Å². The predicted molar refractivity (Wildman–Crippen MR) is 131 cm³/mol. The fourth-order valence-corrected chi connectivity index (χ4v) is 4.75. The molecule has 2 heterocycles. The number of carbonyl (C=O) groups excluding carboxylic acids is 1. The summed E-state index contributed by atoms with van der Waals surface area (Å²) in [6.45, 7) is 2.55. The zero-order chi connectivity index (χ0) is 22.5. The topological polar surface area (TPSA) is 42.4 Å². The molecule has 1 aliphatic heterocycles. The number of rotatable bonds is 5. The highest BCUT2D eigenvalue weighted by molar-refractivity contribution is 5.87. The highest BCUT2D eigenvalue weighted by Crippen LogP contribution is 2.28. The first-order chi connectivity index (χ1) is 16.3. The molecule has 0 saturated carbocycles. The van der Waals surface area contributed by atoms with E-state index in [1.807, 2.05) is 84.0 Å². The molecule has 4 nitrogen and oxygen atoms in total. The van der Waals surface area contributed by atoms with Crippen molar-refractivity contribution >= 4 is 16.7 Å². The molecule has 0 bridgehead atoms. The van der Waals surface area contributed by atoms with Crippen LogP contribution in [0.1, 0.15) is 22.6 Å². The summed E-state index contributed by atoms with van der Waals surface area (Å²) < 4.78 is 5.93. The van der Waals surface area contributed by atoms with Crippen LogP contribution in [0.25, 0.3) is 10.8 Å². The van der Waals surface area contributed by atoms with Gasteiger partial charge in [0.2, 0.25) is 5.91 Å². The van der Waals surface area contributed by atoms with Crippen LogP contribution < -0.4 is 0 Å². The summed E-state index contributed by atoms with van der Waals surface area (Å²) in [4.78, 5) is 20.1. The minimum Gasteiger partial charge on any atom is -0.379 e. The van der Waals surface area contributed by atoms with Gasteiger partial charge >= 0.3 is 0 Å². The first-order valence-corrected chi connectivity index (χ1v) is 11.6. The van der Waals surface area contributed by atoms with Gasteiger partial charge in [-0.05, 0) is 40.6 Å². The number of fused-ring (bicyclic) bond motifs is 1. The van der Waals surface area contributed by atoms with E-state index < -0.39 is 0 Å². The van der Waals surface area contributed by atoms with E-state index in [-0.39, 0.29) is 17.7 Å². The zero-order valence-electron chi connectivity index (χ0n) is 18.6. The molecule has 1 saturated heterocycles. The lowest BCUT2D eigenvalue weighted by Gasteiger charge is -2.28. The largest absolute Gasteiger partial charge is 0.379 e. The van der Waals surface area contributed by atoms with Crippen LogP contribution in [0, 0.1) is 5.92 Å². The molecular formula is C29H28N2O2. The van der Waals surface area contributed by atoms with E-state index in [4.69, 9.17) is 4.74 Å². The van der Waals surface area contributed by atoms with Crippen molar-refractivity contribution in [2.75, 3.05) is 26.3 Å². The van der Waals surface area contributed by atoms with Crippen molar-refractivity contribution in [3.8, 4) is 0 Å². The van der Waals surface area contributed by atoms with E-state index in [9.17, 15) is 4.79 Å². The van der Waals surface area contributed by atoms with Crippen molar-refractivity contribution in [2.45, 2.75) is 12.3 Å². The molecule has 1 aromatic heterocycles. The Morgan fingerprint density at radius 1 is 0.939 bits per heavy atom. The van der Waals surface area contributed by atoms with Gasteiger partial charge < -0.3 is 9.64 Å². The number of benzene rings is 3. The van der Waals surface area contributed by atoms with E-state index in [1.165, 1.54) is 10.9 Å². The molecule has 166 valence electrons. The van der Waals surface area contributed by atoms with Gasteiger partial charge in [0.25, 0.3) is 0 Å². The molecule has 1 amide bonds. The molecule has 4 aromatic rings. The van der Waals surface area contributed by atoms with Gasteiger partial charge in [0.15, 0.2) is 0 Å². The molecule has 3 aromatic carbocycles. The fourth-order valence-electron chi connectivity index (χ4n) is 4.75. The number of hydrogen-bond donors (Lipinski definition) is 0. The first kappa shape index (κ1) is 21.4. The summed E-state index contributed by atoms with van der Waals surface area (Å²) in [7, 11) is 0. The van der Waals surface area contributed by atoms with Gasteiger partial charge in [-0.25, -0.2) is 0 Å². The lowest BCUT2D eigenvalue weighted by Crippen LogP contribution is -2.39. The van der Waals surface area contributed by atoms with Gasteiger partial charge in [-0.15, -0.1) is 0 Å². The average Bonchev–Trinajstić information content (AvgIpc) is 3.11. The Balaban J connectivity index is 1.38. The normalized spacial score (nSPS) is 16.6. The molecule has 1 atom stereocenters. The van der Waals surface area contributed by atoms with E-state index in [2.05, 4.69) is 23.2 Å². The Labute approximate surface area is 194 Å². The number of ether oxygens (including phenoxy) is 1. The zero-order valence-corrected chi connectivity index (χ0v) is 18.6. The van der Waals surface area contributed by atoms with Crippen molar-refractivity contribution in [1.29, 1.82) is 0 Å². The van der Waals surface area contributed by atoms with Crippen molar-refractivity contribution in [1.82, 2.24) is 9.88 Å². The fraction of sp³-hybridized carbons (Fsp3) is 0.241. The number of pyridine rings is 1. The maximum absolute atomic E-state index is 13.9. The van der Waals surface area contributed by atoms with Crippen LogP contribution in [0.15, 0.2) is 97.3 Å². The summed E-state index contributed by atoms with van der Waals surface area (Å²) in [5.41, 5.74) is 3.30. The first-order valence-electron chi connectivity index (χ1n) is 11.6. The molecule has 0 N–H and O–H groups in total. The van der Waals surface area contributed by atoms with E-state index in [1.54, 1.807) is 0 Å². The predicted octanol–water partition coefficient (Wildman–Crippen LogP) is 5.08. The second-order valence-electron chi connectivity index (χ2n) is 8.74. The Kier molecular flexibility index (Phi) is 6.45. The minimum absolute atomic E-state index is 0.144. The van der Waals surface area contributed by atoms with E-state index in [0.29, 0.717) is 26.3 Å². The third kappa shape index (κ3) is 4.96. The van der Waals surface area contributed by atoms with Crippen molar-refractivity contribution in [3.63, 3.8) is 0 Å². The second kappa shape index (κ2) is 9.97. The molecular weight excluding hydrogens is 408 g/mol. The standard InChI is InChI=1S/C29H28N2O2/c32-29(28(25-7-3-1-4-8-25)26-9-5-2-6-10-26)31-15-16-33-21-23(20-31)17-22-11-12-24-13-14-30-19-27(24)18-22/h1-14,18-19,23,28H,15-17,20-21H2. The van der Waals surface area contributed by atoms with Crippen LogP contribution in [-0.2, 0) is 16.0 Å². The van der Waals surface area contributed by atoms with Gasteiger partial charge in [0.05, 0.1) is 19.1 Å². The van der Waals surface area contributed by atoms with Crippen LogP contribution in [0.2, 0.25) is 0 Å². The number of nitrogens with zero attached hydrogens (tertiary/aromatic N) is 2. The van der Waals surface area contributed by atoms with Crippen molar-refractivity contribution in [3.05, 3.63) is 114 Å². The molecule has 0 radical (unpaired) electrons. The Hall–Kier alpha value is -3.50. The molecule has 1 aliphatic rings. The third-order valence-corrected chi connectivity index (χ3v) is 6.39. The molecule has 0 spiro atoms. The number of carbonyl (C=O) groups is 1. The summed E-state index contributed by atoms with van der Waals surface area (Å²) in [6, 6.07) is 28.7. The van der Waals surface area contributed by atoms with Gasteiger partial charge in [0, 0.05) is 36.8 Å². The highest BCUT2D eigenvalue weighted by Gasteiger charge is 2.30. The average molecular weight is 437 g/mol. The van der Waals surface area contributed by atoms with E-state index >= 15 is 0 Å². The maximum atomic E-state index is 13.9. The molecule has 5 rings (SSSR count). The summed E-state index contributed by atoms with van der Waals surface area (Å²) >= 11 is 0. The molecule has 1 fully saturated rings. The van der Waals surface area contributed by atoms with E-state index in [0.717, 1.165) is 22.9 Å². The maximum Gasteiger partial charge on any atom is 0.234 e. The van der Waals surface area contributed by atoms with Crippen LogP contribution in [0.3, 0.4) is 0 Å². The van der Waals surface area contributed by atoms with Gasteiger partial charge in [0.1, 0.15) is 0 Å². The molecule has 1 unspecified atom stereocenters. The monoisotopic (exact) mass is 436 g/mol. The quantitative estimate of drug-likeness (QED) is 0.438. The minimum atomic E-state index is -0.308. The third-order valence-electron chi connectivity index (χ3n) is 6.39. The summed E-state index contributed by atoms with van der Waals surface area (Å²) in [6.07, 6.45) is 4.60. The van der Waals surface area contributed by atoms with Crippen LogP contribution in [0.4, 0.5) is 0 Å². The number of amides is 1. The van der Waals surface area contributed by atoms with Gasteiger partial charge in [-0.2, -0.15) is 0 Å². The van der Waals surface area contributed by atoms with Gasteiger partial charge in [-0.1, -0.05) is 72.8 Å².